The van der Waals surface area contributed by atoms with Crippen molar-refractivity contribution in [3.63, 3.8) is 0 Å². The fourth-order valence-corrected chi connectivity index (χ4v) is 2.21. The molecule has 0 aliphatic carbocycles. The first-order valence-electron chi connectivity index (χ1n) is 7.02. The summed E-state index contributed by atoms with van der Waals surface area (Å²) < 4.78 is 16.6. The lowest BCUT2D eigenvalue weighted by Gasteiger charge is -2.24. The third-order valence-electron chi connectivity index (χ3n) is 3.14. The van der Waals surface area contributed by atoms with Crippen molar-refractivity contribution in [2.45, 2.75) is 51.9 Å². The molecule has 1 aliphatic rings. The van der Waals surface area contributed by atoms with E-state index in [1.54, 1.807) is 11.2 Å². The van der Waals surface area contributed by atoms with E-state index in [1.165, 1.54) is 0 Å². The molecule has 0 N–H and O–H groups in total. The van der Waals surface area contributed by atoms with Gasteiger partial charge in [0.25, 0.3) is 0 Å². The molecule has 5 nitrogen and oxygen atoms in total. The van der Waals surface area contributed by atoms with E-state index in [0.29, 0.717) is 13.1 Å². The SMILES string of the molecule is CC(OC1CCN(C(=O)OC(C)(C)C)C1)c1ccco1. The summed E-state index contributed by atoms with van der Waals surface area (Å²) in [5, 5.41) is 0. The number of rotatable bonds is 3. The van der Waals surface area contributed by atoms with E-state index in [4.69, 9.17) is 13.9 Å². The van der Waals surface area contributed by atoms with Gasteiger partial charge in [0.1, 0.15) is 17.5 Å². The van der Waals surface area contributed by atoms with Crippen molar-refractivity contribution in [1.82, 2.24) is 4.90 Å². The average Bonchev–Trinajstić information content (AvgIpc) is 2.97. The van der Waals surface area contributed by atoms with Crippen LogP contribution in [0.3, 0.4) is 0 Å². The standard InChI is InChI=1S/C15H23NO4/c1-11(13-6-5-9-18-13)19-12-7-8-16(10-12)14(17)20-15(2,3)4/h5-6,9,11-12H,7-8,10H2,1-4H3. The van der Waals surface area contributed by atoms with E-state index < -0.39 is 5.60 Å². The summed E-state index contributed by atoms with van der Waals surface area (Å²) in [4.78, 5) is 13.6. The largest absolute Gasteiger partial charge is 0.467 e. The zero-order chi connectivity index (χ0) is 14.8. The van der Waals surface area contributed by atoms with Crippen LogP contribution in [0, 0.1) is 0 Å². The second-order valence-electron chi connectivity index (χ2n) is 6.13. The Kier molecular flexibility index (Phi) is 4.38. The molecule has 1 amide bonds. The van der Waals surface area contributed by atoms with Crippen molar-refractivity contribution >= 4 is 6.09 Å². The lowest BCUT2D eigenvalue weighted by molar-refractivity contribution is -0.0125. The predicted molar refractivity (Wildman–Crippen MR) is 74.4 cm³/mol. The molecular formula is C15H23NO4. The van der Waals surface area contributed by atoms with Gasteiger partial charge in [-0.05, 0) is 46.2 Å². The Balaban J connectivity index is 1.82. The van der Waals surface area contributed by atoms with Crippen LogP contribution in [-0.2, 0) is 9.47 Å². The van der Waals surface area contributed by atoms with Crippen molar-refractivity contribution in [2.24, 2.45) is 0 Å². The second-order valence-corrected chi connectivity index (χ2v) is 6.13. The molecule has 0 saturated carbocycles. The minimum Gasteiger partial charge on any atom is -0.467 e. The molecule has 0 spiro atoms. The number of amides is 1. The number of hydrogen-bond donors (Lipinski definition) is 0. The van der Waals surface area contributed by atoms with Gasteiger partial charge in [0.05, 0.1) is 18.9 Å². The molecule has 1 fully saturated rings. The van der Waals surface area contributed by atoms with E-state index in [1.807, 2.05) is 39.8 Å². The predicted octanol–water partition coefficient (Wildman–Crippen LogP) is 3.37. The van der Waals surface area contributed by atoms with Gasteiger partial charge in [-0.25, -0.2) is 4.79 Å². The van der Waals surface area contributed by atoms with E-state index >= 15 is 0 Å². The lowest BCUT2D eigenvalue weighted by Crippen LogP contribution is -2.36. The summed E-state index contributed by atoms with van der Waals surface area (Å²) in [6.45, 7) is 8.80. The topological polar surface area (TPSA) is 51.9 Å². The Morgan fingerprint density at radius 2 is 2.25 bits per heavy atom. The summed E-state index contributed by atoms with van der Waals surface area (Å²) in [7, 11) is 0. The highest BCUT2D eigenvalue weighted by atomic mass is 16.6. The van der Waals surface area contributed by atoms with Crippen LogP contribution in [0.1, 0.15) is 46.0 Å². The first kappa shape index (κ1) is 14.9. The average molecular weight is 281 g/mol. The van der Waals surface area contributed by atoms with Crippen LogP contribution in [0.4, 0.5) is 4.79 Å². The lowest BCUT2D eigenvalue weighted by atomic mass is 10.2. The Bertz CT molecular complexity index is 435. The van der Waals surface area contributed by atoms with Gasteiger partial charge in [0.15, 0.2) is 0 Å². The molecule has 2 heterocycles. The monoisotopic (exact) mass is 281 g/mol. The summed E-state index contributed by atoms with van der Waals surface area (Å²) in [5.74, 6) is 0.806. The molecule has 112 valence electrons. The minimum atomic E-state index is -0.461. The van der Waals surface area contributed by atoms with Crippen molar-refractivity contribution < 1.29 is 18.7 Å². The number of furan rings is 1. The highest BCUT2D eigenvalue weighted by molar-refractivity contribution is 5.68. The number of likely N-dealkylation sites (tertiary alicyclic amines) is 1. The molecule has 1 aromatic heterocycles. The molecule has 1 aliphatic heterocycles. The van der Waals surface area contributed by atoms with Gasteiger partial charge in [-0.1, -0.05) is 0 Å². The van der Waals surface area contributed by atoms with Gasteiger partial charge in [0.2, 0.25) is 0 Å². The fourth-order valence-electron chi connectivity index (χ4n) is 2.21. The Hall–Kier alpha value is -1.49. The molecule has 0 bridgehead atoms. The molecule has 0 aromatic carbocycles. The first-order chi connectivity index (χ1) is 9.35. The number of hydrogen-bond acceptors (Lipinski definition) is 4. The maximum absolute atomic E-state index is 12.0. The summed E-state index contributed by atoms with van der Waals surface area (Å²) >= 11 is 0. The molecule has 20 heavy (non-hydrogen) atoms. The van der Waals surface area contributed by atoms with E-state index in [2.05, 4.69) is 0 Å². The van der Waals surface area contributed by atoms with E-state index in [9.17, 15) is 4.79 Å². The molecular weight excluding hydrogens is 258 g/mol. The van der Waals surface area contributed by atoms with Crippen molar-refractivity contribution in [2.75, 3.05) is 13.1 Å². The normalized spacial score (nSPS) is 21.0. The summed E-state index contributed by atoms with van der Waals surface area (Å²) in [6, 6.07) is 3.74. The van der Waals surface area contributed by atoms with E-state index in [0.717, 1.165) is 12.2 Å². The van der Waals surface area contributed by atoms with Crippen molar-refractivity contribution in [3.05, 3.63) is 24.2 Å². The molecule has 2 atom stereocenters. The van der Waals surface area contributed by atoms with Gasteiger partial charge in [-0.3, -0.25) is 0 Å². The Labute approximate surface area is 119 Å². The smallest absolute Gasteiger partial charge is 0.410 e. The fraction of sp³-hybridized carbons (Fsp3) is 0.667. The quantitative estimate of drug-likeness (QED) is 0.852. The van der Waals surface area contributed by atoms with Crippen LogP contribution in [-0.4, -0.2) is 35.8 Å². The van der Waals surface area contributed by atoms with Crippen LogP contribution in [0.5, 0.6) is 0 Å². The maximum atomic E-state index is 12.0. The second kappa shape index (κ2) is 5.87. The molecule has 2 unspecified atom stereocenters. The highest BCUT2D eigenvalue weighted by Gasteiger charge is 2.31. The number of ether oxygens (including phenoxy) is 2. The van der Waals surface area contributed by atoms with Gasteiger partial charge in [-0.2, -0.15) is 0 Å². The molecule has 0 radical (unpaired) electrons. The number of carbonyl (C=O) groups excluding carboxylic acids is 1. The minimum absolute atomic E-state index is 0.0302. The Morgan fingerprint density at radius 3 is 2.85 bits per heavy atom. The molecule has 2 rings (SSSR count). The van der Waals surface area contributed by atoms with Gasteiger partial charge in [0, 0.05) is 6.54 Å². The zero-order valence-electron chi connectivity index (χ0n) is 12.6. The van der Waals surface area contributed by atoms with Crippen LogP contribution in [0.25, 0.3) is 0 Å². The molecule has 1 saturated heterocycles. The van der Waals surface area contributed by atoms with Gasteiger partial charge in [-0.15, -0.1) is 0 Å². The zero-order valence-corrected chi connectivity index (χ0v) is 12.6. The van der Waals surface area contributed by atoms with E-state index in [-0.39, 0.29) is 18.3 Å². The van der Waals surface area contributed by atoms with Gasteiger partial charge >= 0.3 is 6.09 Å². The van der Waals surface area contributed by atoms with Crippen LogP contribution < -0.4 is 0 Å². The Morgan fingerprint density at radius 1 is 1.50 bits per heavy atom. The van der Waals surface area contributed by atoms with Crippen molar-refractivity contribution in [3.8, 4) is 0 Å². The van der Waals surface area contributed by atoms with Crippen LogP contribution in [0.2, 0.25) is 0 Å². The maximum Gasteiger partial charge on any atom is 0.410 e. The number of nitrogens with zero attached hydrogens (tertiary/aromatic N) is 1. The summed E-state index contributed by atoms with van der Waals surface area (Å²) in [6.07, 6.45) is 2.12. The molecule has 5 heteroatoms. The van der Waals surface area contributed by atoms with Crippen LogP contribution in [0.15, 0.2) is 22.8 Å². The highest BCUT2D eigenvalue weighted by Crippen LogP contribution is 2.24. The van der Waals surface area contributed by atoms with Crippen LogP contribution >= 0.6 is 0 Å². The summed E-state index contributed by atoms with van der Waals surface area (Å²) in [5.41, 5.74) is -0.461. The third kappa shape index (κ3) is 4.00. The third-order valence-corrected chi connectivity index (χ3v) is 3.14. The number of carbonyl (C=O) groups is 1. The van der Waals surface area contributed by atoms with Crippen molar-refractivity contribution in [1.29, 1.82) is 0 Å². The van der Waals surface area contributed by atoms with Gasteiger partial charge < -0.3 is 18.8 Å². The first-order valence-corrected chi connectivity index (χ1v) is 7.02. The molecule has 1 aromatic rings.